The zero-order chi connectivity index (χ0) is 15.9. The fraction of sp³-hybridized carbons (Fsp3) is 0.250. The lowest BCUT2D eigenvalue weighted by Gasteiger charge is -2.08. The summed E-state index contributed by atoms with van der Waals surface area (Å²) in [7, 11) is 1.62. The van der Waals surface area contributed by atoms with Gasteiger partial charge in [-0.25, -0.2) is 0 Å². The average molecular weight is 302 g/mol. The highest BCUT2D eigenvalue weighted by Crippen LogP contribution is 2.14. The molecule has 1 aromatic heterocycles. The molecule has 1 amide bonds. The number of nitrogens with zero attached hydrogens (tertiary/aromatic N) is 1. The molecule has 3 N–H and O–H groups in total. The Hall–Kier alpha value is -2.44. The van der Waals surface area contributed by atoms with E-state index in [1.165, 1.54) is 6.20 Å². The third-order valence-corrected chi connectivity index (χ3v) is 3.12. The quantitative estimate of drug-likeness (QED) is 0.806. The SMILES string of the molecule is COc1ccc(COCc2cnc(C(N)=O)c(CO)c2)cc1. The number of nitrogens with two attached hydrogens (primary N) is 1. The fourth-order valence-electron chi connectivity index (χ4n) is 1.99. The minimum Gasteiger partial charge on any atom is -0.497 e. The van der Waals surface area contributed by atoms with E-state index in [0.717, 1.165) is 16.9 Å². The number of rotatable bonds is 7. The molecule has 116 valence electrons. The number of methoxy groups -OCH3 is 1. The number of benzene rings is 1. The number of carbonyl (C=O) groups is 1. The summed E-state index contributed by atoms with van der Waals surface area (Å²) in [5.41, 5.74) is 7.46. The van der Waals surface area contributed by atoms with Gasteiger partial charge in [0.15, 0.2) is 0 Å². The van der Waals surface area contributed by atoms with Gasteiger partial charge in [0.2, 0.25) is 0 Å². The van der Waals surface area contributed by atoms with E-state index in [2.05, 4.69) is 4.98 Å². The van der Waals surface area contributed by atoms with Gasteiger partial charge in [0.1, 0.15) is 11.4 Å². The molecular weight excluding hydrogens is 284 g/mol. The maximum atomic E-state index is 11.2. The number of aliphatic hydroxyl groups is 1. The third-order valence-electron chi connectivity index (χ3n) is 3.12. The monoisotopic (exact) mass is 302 g/mol. The number of pyridine rings is 1. The number of hydrogen-bond donors (Lipinski definition) is 2. The van der Waals surface area contributed by atoms with E-state index < -0.39 is 5.91 Å². The number of amides is 1. The number of ether oxygens (including phenoxy) is 2. The van der Waals surface area contributed by atoms with Gasteiger partial charge >= 0.3 is 0 Å². The van der Waals surface area contributed by atoms with Crippen molar-refractivity contribution in [2.45, 2.75) is 19.8 Å². The maximum Gasteiger partial charge on any atom is 0.267 e. The molecule has 6 nitrogen and oxygen atoms in total. The summed E-state index contributed by atoms with van der Waals surface area (Å²) in [5.74, 6) is 0.136. The molecule has 1 heterocycles. The van der Waals surface area contributed by atoms with Crippen LogP contribution in [0.25, 0.3) is 0 Å². The van der Waals surface area contributed by atoms with Crippen molar-refractivity contribution < 1.29 is 19.4 Å². The van der Waals surface area contributed by atoms with E-state index in [1.807, 2.05) is 24.3 Å². The molecule has 0 spiro atoms. The Morgan fingerprint density at radius 2 is 1.91 bits per heavy atom. The fourth-order valence-corrected chi connectivity index (χ4v) is 1.99. The molecule has 0 radical (unpaired) electrons. The maximum absolute atomic E-state index is 11.2. The Morgan fingerprint density at radius 3 is 2.50 bits per heavy atom. The van der Waals surface area contributed by atoms with E-state index in [4.69, 9.17) is 15.2 Å². The highest BCUT2D eigenvalue weighted by Gasteiger charge is 2.10. The first-order chi connectivity index (χ1) is 10.6. The van der Waals surface area contributed by atoms with Crippen LogP contribution in [0.4, 0.5) is 0 Å². The lowest BCUT2D eigenvalue weighted by molar-refractivity contribution is 0.0989. The number of hydrogen-bond acceptors (Lipinski definition) is 5. The van der Waals surface area contributed by atoms with Crippen molar-refractivity contribution in [3.8, 4) is 5.75 Å². The van der Waals surface area contributed by atoms with E-state index in [-0.39, 0.29) is 12.3 Å². The molecule has 2 rings (SSSR count). The Kier molecular flexibility index (Phi) is 5.46. The van der Waals surface area contributed by atoms with Gasteiger partial charge in [-0.2, -0.15) is 0 Å². The van der Waals surface area contributed by atoms with Gasteiger partial charge in [-0.3, -0.25) is 9.78 Å². The van der Waals surface area contributed by atoms with Crippen molar-refractivity contribution >= 4 is 5.91 Å². The molecule has 0 bridgehead atoms. The molecule has 0 aliphatic rings. The van der Waals surface area contributed by atoms with Crippen LogP contribution in [-0.2, 0) is 24.6 Å². The van der Waals surface area contributed by atoms with Crippen LogP contribution in [-0.4, -0.2) is 23.1 Å². The number of aliphatic hydroxyl groups excluding tert-OH is 1. The molecule has 0 saturated carbocycles. The summed E-state index contributed by atoms with van der Waals surface area (Å²) in [4.78, 5) is 15.1. The van der Waals surface area contributed by atoms with Crippen LogP contribution in [0, 0.1) is 0 Å². The zero-order valence-corrected chi connectivity index (χ0v) is 12.3. The van der Waals surface area contributed by atoms with Crippen LogP contribution >= 0.6 is 0 Å². The van der Waals surface area contributed by atoms with E-state index >= 15 is 0 Å². The molecule has 0 aliphatic heterocycles. The highest BCUT2D eigenvalue weighted by atomic mass is 16.5. The Morgan fingerprint density at radius 1 is 1.23 bits per heavy atom. The highest BCUT2D eigenvalue weighted by molar-refractivity contribution is 5.92. The molecule has 0 saturated heterocycles. The van der Waals surface area contributed by atoms with Gasteiger partial charge in [-0.15, -0.1) is 0 Å². The second-order valence-electron chi connectivity index (χ2n) is 4.71. The molecule has 6 heteroatoms. The topological polar surface area (TPSA) is 94.7 Å². The lowest BCUT2D eigenvalue weighted by Crippen LogP contribution is -2.16. The van der Waals surface area contributed by atoms with Crippen LogP contribution in [0.2, 0.25) is 0 Å². The molecule has 0 unspecified atom stereocenters. The van der Waals surface area contributed by atoms with Crippen molar-refractivity contribution in [3.05, 3.63) is 58.9 Å². The van der Waals surface area contributed by atoms with Gasteiger partial charge < -0.3 is 20.3 Å². The zero-order valence-electron chi connectivity index (χ0n) is 12.3. The lowest BCUT2D eigenvalue weighted by atomic mass is 10.1. The van der Waals surface area contributed by atoms with E-state index in [9.17, 15) is 9.90 Å². The summed E-state index contributed by atoms with van der Waals surface area (Å²) in [6.07, 6.45) is 1.52. The number of carbonyl (C=O) groups excluding carboxylic acids is 1. The van der Waals surface area contributed by atoms with Gasteiger partial charge in [-0.1, -0.05) is 12.1 Å². The smallest absolute Gasteiger partial charge is 0.267 e. The molecule has 0 atom stereocenters. The molecular formula is C16H18N2O4. The number of primary amides is 1. The van der Waals surface area contributed by atoms with Crippen LogP contribution in [0.1, 0.15) is 27.2 Å². The standard InChI is InChI=1S/C16H18N2O4/c1-21-14-4-2-11(3-5-14)9-22-10-12-6-13(8-19)15(16(17)20)18-7-12/h2-7,19H,8-10H2,1H3,(H2,17,20). The van der Waals surface area contributed by atoms with E-state index in [1.54, 1.807) is 13.2 Å². The van der Waals surface area contributed by atoms with Crippen molar-refractivity contribution in [3.63, 3.8) is 0 Å². The average Bonchev–Trinajstić information content (AvgIpc) is 2.55. The van der Waals surface area contributed by atoms with Crippen molar-refractivity contribution in [1.29, 1.82) is 0 Å². The molecule has 0 aliphatic carbocycles. The van der Waals surface area contributed by atoms with Crippen molar-refractivity contribution in [1.82, 2.24) is 4.98 Å². The summed E-state index contributed by atoms with van der Waals surface area (Å²) < 4.78 is 10.7. The van der Waals surface area contributed by atoms with Gasteiger partial charge in [-0.05, 0) is 29.3 Å². The molecule has 22 heavy (non-hydrogen) atoms. The first-order valence-corrected chi connectivity index (χ1v) is 6.73. The Bertz CT molecular complexity index is 641. The minimum absolute atomic E-state index is 0.0846. The van der Waals surface area contributed by atoms with E-state index in [0.29, 0.717) is 18.8 Å². The molecule has 1 aromatic carbocycles. The molecule has 0 fully saturated rings. The first-order valence-electron chi connectivity index (χ1n) is 6.73. The van der Waals surface area contributed by atoms with Gasteiger partial charge in [0.05, 0.1) is 26.9 Å². The second-order valence-corrected chi connectivity index (χ2v) is 4.71. The third kappa shape index (κ3) is 4.03. The summed E-state index contributed by atoms with van der Waals surface area (Å²) >= 11 is 0. The summed E-state index contributed by atoms with van der Waals surface area (Å²) in [6.45, 7) is 0.471. The van der Waals surface area contributed by atoms with Crippen LogP contribution < -0.4 is 10.5 Å². The Labute approximate surface area is 128 Å². The predicted octanol–water partition coefficient (Wildman–Crippen LogP) is 1.40. The van der Waals surface area contributed by atoms with Gasteiger partial charge in [0.25, 0.3) is 5.91 Å². The van der Waals surface area contributed by atoms with Crippen molar-refractivity contribution in [2.75, 3.05) is 7.11 Å². The first kappa shape index (κ1) is 15.9. The normalized spacial score (nSPS) is 10.5. The number of aromatic nitrogens is 1. The Balaban J connectivity index is 1.95. The summed E-state index contributed by atoms with van der Waals surface area (Å²) in [6, 6.07) is 9.25. The van der Waals surface area contributed by atoms with Gasteiger partial charge in [0, 0.05) is 11.8 Å². The predicted molar refractivity (Wildman–Crippen MR) is 80.2 cm³/mol. The summed E-state index contributed by atoms with van der Waals surface area (Å²) in [5, 5.41) is 9.24. The van der Waals surface area contributed by atoms with Crippen molar-refractivity contribution in [2.24, 2.45) is 5.73 Å². The second kappa shape index (κ2) is 7.53. The molecule has 2 aromatic rings. The largest absolute Gasteiger partial charge is 0.497 e. The van der Waals surface area contributed by atoms with Crippen LogP contribution in [0.15, 0.2) is 36.5 Å². The van der Waals surface area contributed by atoms with Crippen LogP contribution in [0.5, 0.6) is 5.75 Å². The minimum atomic E-state index is -0.658. The van der Waals surface area contributed by atoms with Crippen LogP contribution in [0.3, 0.4) is 0 Å².